The Morgan fingerprint density at radius 1 is 0.962 bits per heavy atom. The molecule has 1 amide bonds. The van der Waals surface area contributed by atoms with Crippen LogP contribution in [0.3, 0.4) is 0 Å². The summed E-state index contributed by atoms with van der Waals surface area (Å²) in [6.45, 7) is 0. The molecule has 0 spiro atoms. The third kappa shape index (κ3) is 4.07. The lowest BCUT2D eigenvalue weighted by atomic mass is 10.1. The smallest absolute Gasteiger partial charge is 0.257 e. The number of rotatable bonds is 4. The number of sulfone groups is 1. The number of hydrogen-bond acceptors (Lipinski definition) is 5. The van der Waals surface area contributed by atoms with Crippen LogP contribution in [0.15, 0.2) is 65.7 Å². The van der Waals surface area contributed by atoms with E-state index < -0.39 is 9.84 Å². The zero-order valence-electron chi connectivity index (χ0n) is 13.7. The lowest BCUT2D eigenvalue weighted by molar-refractivity contribution is 0.102. The predicted molar refractivity (Wildman–Crippen MR) is 100.0 cm³/mol. The topological polar surface area (TPSA) is 89.0 Å². The van der Waals surface area contributed by atoms with E-state index in [1.54, 1.807) is 54.6 Å². The Morgan fingerprint density at radius 2 is 1.65 bits per heavy atom. The van der Waals surface area contributed by atoms with Gasteiger partial charge in [-0.15, -0.1) is 10.2 Å². The van der Waals surface area contributed by atoms with Gasteiger partial charge in [0.25, 0.3) is 5.91 Å². The standard InChI is InChI=1S/C18H14ClN3O3S/c1-26(24,25)17-11-10-16(21-22-17)12-6-8-13(9-7-12)20-18(23)14-4-2-3-5-15(14)19/h2-11H,1H3,(H,20,23). The van der Waals surface area contributed by atoms with Crippen molar-refractivity contribution >= 4 is 33.0 Å². The van der Waals surface area contributed by atoms with Gasteiger partial charge >= 0.3 is 0 Å². The highest BCUT2D eigenvalue weighted by molar-refractivity contribution is 7.90. The Hall–Kier alpha value is -2.77. The number of carbonyl (C=O) groups excluding carboxylic acids is 1. The number of anilines is 1. The maximum Gasteiger partial charge on any atom is 0.257 e. The number of halogens is 1. The Bertz CT molecular complexity index is 1050. The van der Waals surface area contributed by atoms with Gasteiger partial charge in [0.1, 0.15) is 0 Å². The monoisotopic (exact) mass is 387 g/mol. The van der Waals surface area contributed by atoms with Crippen LogP contribution in [0.4, 0.5) is 5.69 Å². The lowest BCUT2D eigenvalue weighted by Crippen LogP contribution is -2.12. The van der Waals surface area contributed by atoms with Crippen LogP contribution in [-0.2, 0) is 9.84 Å². The molecule has 3 aromatic rings. The van der Waals surface area contributed by atoms with Gasteiger partial charge in [0, 0.05) is 17.5 Å². The van der Waals surface area contributed by atoms with Gasteiger partial charge in [0.2, 0.25) is 0 Å². The van der Waals surface area contributed by atoms with E-state index in [9.17, 15) is 13.2 Å². The molecule has 6 nitrogen and oxygen atoms in total. The van der Waals surface area contributed by atoms with Gasteiger partial charge in [0.05, 0.1) is 16.3 Å². The molecule has 0 unspecified atom stereocenters. The van der Waals surface area contributed by atoms with Gasteiger partial charge in [-0.1, -0.05) is 35.9 Å². The fourth-order valence-electron chi connectivity index (χ4n) is 2.24. The largest absolute Gasteiger partial charge is 0.322 e. The van der Waals surface area contributed by atoms with Crippen LogP contribution in [0.5, 0.6) is 0 Å². The van der Waals surface area contributed by atoms with Crippen molar-refractivity contribution in [2.45, 2.75) is 5.03 Å². The molecule has 0 fully saturated rings. The molecule has 2 aromatic carbocycles. The molecule has 0 aliphatic carbocycles. The van der Waals surface area contributed by atoms with Crippen LogP contribution >= 0.6 is 11.6 Å². The number of amides is 1. The zero-order chi connectivity index (χ0) is 18.7. The molecule has 0 atom stereocenters. The summed E-state index contributed by atoms with van der Waals surface area (Å²) in [6.07, 6.45) is 1.08. The number of carbonyl (C=O) groups is 1. The first-order chi connectivity index (χ1) is 12.3. The molecule has 26 heavy (non-hydrogen) atoms. The van der Waals surface area contributed by atoms with Crippen LogP contribution in [0.1, 0.15) is 10.4 Å². The van der Waals surface area contributed by atoms with Gasteiger partial charge in [-0.3, -0.25) is 4.79 Å². The molecular formula is C18H14ClN3O3S. The Labute approximate surface area is 155 Å². The van der Waals surface area contributed by atoms with Crippen molar-refractivity contribution in [1.29, 1.82) is 0 Å². The highest BCUT2D eigenvalue weighted by Crippen LogP contribution is 2.21. The van der Waals surface area contributed by atoms with E-state index >= 15 is 0 Å². The maximum absolute atomic E-state index is 12.2. The van der Waals surface area contributed by atoms with Crippen LogP contribution in [0.2, 0.25) is 5.02 Å². The number of nitrogens with one attached hydrogen (secondary N) is 1. The predicted octanol–water partition coefficient (Wildman–Crippen LogP) is 3.45. The van der Waals surface area contributed by atoms with Crippen molar-refractivity contribution in [3.63, 3.8) is 0 Å². The molecule has 1 aromatic heterocycles. The highest BCUT2D eigenvalue weighted by atomic mass is 35.5. The fraction of sp³-hybridized carbons (Fsp3) is 0.0556. The molecule has 3 rings (SSSR count). The first kappa shape index (κ1) is 18.0. The molecule has 0 aliphatic rings. The minimum Gasteiger partial charge on any atom is -0.322 e. The third-order valence-corrected chi connectivity index (χ3v) is 4.88. The summed E-state index contributed by atoms with van der Waals surface area (Å²) in [5.74, 6) is -0.305. The molecule has 0 saturated heterocycles. The van der Waals surface area contributed by atoms with Crippen LogP contribution < -0.4 is 5.32 Å². The van der Waals surface area contributed by atoms with E-state index in [-0.39, 0.29) is 10.9 Å². The SMILES string of the molecule is CS(=O)(=O)c1ccc(-c2ccc(NC(=O)c3ccccc3Cl)cc2)nn1. The number of aromatic nitrogens is 2. The summed E-state index contributed by atoms with van der Waals surface area (Å²) in [5.41, 5.74) is 2.26. The summed E-state index contributed by atoms with van der Waals surface area (Å²) in [5, 5.41) is 10.7. The second-order valence-electron chi connectivity index (χ2n) is 5.54. The van der Waals surface area contributed by atoms with E-state index in [2.05, 4.69) is 15.5 Å². The van der Waals surface area contributed by atoms with Gasteiger partial charge < -0.3 is 5.32 Å². The van der Waals surface area contributed by atoms with Crippen LogP contribution in [-0.4, -0.2) is 30.8 Å². The van der Waals surface area contributed by atoms with E-state index in [4.69, 9.17) is 11.6 Å². The molecule has 132 valence electrons. The fourth-order valence-corrected chi connectivity index (χ4v) is 2.97. The van der Waals surface area contributed by atoms with Gasteiger partial charge in [-0.05, 0) is 36.4 Å². The van der Waals surface area contributed by atoms with Crippen LogP contribution in [0, 0.1) is 0 Å². The molecule has 8 heteroatoms. The second kappa shape index (κ2) is 7.23. The van der Waals surface area contributed by atoms with Crippen LogP contribution in [0.25, 0.3) is 11.3 Å². The lowest BCUT2D eigenvalue weighted by Gasteiger charge is -2.07. The van der Waals surface area contributed by atoms with Crippen molar-refractivity contribution in [2.75, 3.05) is 11.6 Å². The molecule has 0 radical (unpaired) electrons. The van der Waals surface area contributed by atoms with E-state index in [1.165, 1.54) is 6.07 Å². The third-order valence-electron chi connectivity index (χ3n) is 3.58. The quantitative estimate of drug-likeness (QED) is 0.740. The number of hydrogen-bond donors (Lipinski definition) is 1. The molecule has 1 N–H and O–H groups in total. The molecule has 1 heterocycles. The summed E-state index contributed by atoms with van der Waals surface area (Å²) in [4.78, 5) is 12.2. The average molecular weight is 388 g/mol. The summed E-state index contributed by atoms with van der Waals surface area (Å²) >= 11 is 6.02. The summed E-state index contributed by atoms with van der Waals surface area (Å²) < 4.78 is 22.8. The molecule has 0 aliphatic heterocycles. The zero-order valence-corrected chi connectivity index (χ0v) is 15.3. The van der Waals surface area contributed by atoms with Crippen molar-refractivity contribution in [3.05, 3.63) is 71.2 Å². The maximum atomic E-state index is 12.2. The normalized spacial score (nSPS) is 11.2. The van der Waals surface area contributed by atoms with E-state index in [0.717, 1.165) is 11.8 Å². The van der Waals surface area contributed by atoms with Gasteiger partial charge in [-0.25, -0.2) is 8.42 Å². The van der Waals surface area contributed by atoms with Crippen molar-refractivity contribution in [1.82, 2.24) is 10.2 Å². The molecule has 0 bridgehead atoms. The highest BCUT2D eigenvalue weighted by Gasteiger charge is 2.11. The van der Waals surface area contributed by atoms with Gasteiger partial charge in [0.15, 0.2) is 14.9 Å². The minimum absolute atomic E-state index is 0.0788. The average Bonchev–Trinajstić information content (AvgIpc) is 2.62. The summed E-state index contributed by atoms with van der Waals surface area (Å²) in [6, 6.07) is 16.7. The molecular weight excluding hydrogens is 374 g/mol. The van der Waals surface area contributed by atoms with Crippen molar-refractivity contribution < 1.29 is 13.2 Å². The number of benzene rings is 2. The summed E-state index contributed by atoms with van der Waals surface area (Å²) in [7, 11) is -3.38. The van der Waals surface area contributed by atoms with Crippen molar-refractivity contribution in [2.24, 2.45) is 0 Å². The van der Waals surface area contributed by atoms with E-state index in [0.29, 0.717) is 22.0 Å². The Kier molecular flexibility index (Phi) is 5.01. The minimum atomic E-state index is -3.38. The second-order valence-corrected chi connectivity index (χ2v) is 7.91. The number of nitrogens with zero attached hydrogens (tertiary/aromatic N) is 2. The molecule has 0 saturated carbocycles. The Balaban J connectivity index is 1.76. The first-order valence-corrected chi connectivity index (χ1v) is 9.81. The van der Waals surface area contributed by atoms with Gasteiger partial charge in [-0.2, -0.15) is 0 Å². The van der Waals surface area contributed by atoms with Crippen molar-refractivity contribution in [3.8, 4) is 11.3 Å². The first-order valence-electron chi connectivity index (χ1n) is 7.55. The Morgan fingerprint density at radius 3 is 2.23 bits per heavy atom. The van der Waals surface area contributed by atoms with E-state index in [1.807, 2.05) is 0 Å².